The number of piperazine rings is 1. The maximum Gasteiger partial charge on any atom is 0.214 e. The first kappa shape index (κ1) is 15.9. The Morgan fingerprint density at radius 1 is 1.05 bits per heavy atom. The Bertz CT molecular complexity index is 499. The molecule has 112 valence electrons. The lowest BCUT2D eigenvalue weighted by molar-refractivity contribution is 0.198. The van der Waals surface area contributed by atoms with Gasteiger partial charge in [0.05, 0.1) is 5.75 Å². The van der Waals surface area contributed by atoms with Crippen molar-refractivity contribution in [1.29, 1.82) is 0 Å². The zero-order valence-corrected chi connectivity index (χ0v) is 13.9. The Morgan fingerprint density at radius 2 is 1.70 bits per heavy atom. The summed E-state index contributed by atoms with van der Waals surface area (Å²) >= 11 is 3.42. The van der Waals surface area contributed by atoms with Gasteiger partial charge in [-0.25, -0.2) is 8.42 Å². The fourth-order valence-electron chi connectivity index (χ4n) is 2.37. The van der Waals surface area contributed by atoms with Crippen molar-refractivity contribution in [2.75, 3.05) is 43.8 Å². The third-order valence-corrected chi connectivity index (χ3v) is 5.84. The Labute approximate surface area is 129 Å². The second kappa shape index (κ2) is 7.54. The van der Waals surface area contributed by atoms with Crippen LogP contribution in [0.4, 0.5) is 0 Å². The summed E-state index contributed by atoms with van der Waals surface area (Å²) in [5.41, 5.74) is 1.08. The molecule has 1 aliphatic rings. The minimum Gasteiger partial charge on any atom is -0.300 e. The molecule has 2 rings (SSSR count). The normalized spacial score (nSPS) is 18.2. The van der Waals surface area contributed by atoms with Gasteiger partial charge in [0.1, 0.15) is 0 Å². The number of alkyl halides is 1. The molecule has 0 bridgehead atoms. The highest BCUT2D eigenvalue weighted by Crippen LogP contribution is 2.10. The molecule has 1 heterocycles. The number of hydrogen-bond donors (Lipinski definition) is 0. The molecule has 0 saturated carbocycles. The van der Waals surface area contributed by atoms with Crippen LogP contribution in [0.25, 0.3) is 0 Å². The summed E-state index contributed by atoms with van der Waals surface area (Å²) in [6, 6.07) is 9.79. The molecule has 0 aromatic heterocycles. The van der Waals surface area contributed by atoms with E-state index in [-0.39, 0.29) is 5.75 Å². The summed E-state index contributed by atoms with van der Waals surface area (Å²) in [4.78, 5) is 2.29. The van der Waals surface area contributed by atoms with Gasteiger partial charge in [-0.15, -0.1) is 0 Å². The number of benzene rings is 1. The topological polar surface area (TPSA) is 40.6 Å². The number of hydrogen-bond acceptors (Lipinski definition) is 3. The zero-order valence-electron chi connectivity index (χ0n) is 11.5. The average Bonchev–Trinajstić information content (AvgIpc) is 2.47. The molecule has 0 N–H and O–H groups in total. The maximum atomic E-state index is 12.3. The zero-order chi connectivity index (χ0) is 14.4. The van der Waals surface area contributed by atoms with E-state index in [4.69, 9.17) is 0 Å². The van der Waals surface area contributed by atoms with Crippen LogP contribution in [0.15, 0.2) is 30.3 Å². The first-order valence-corrected chi connectivity index (χ1v) is 9.65. The third-order valence-electron chi connectivity index (χ3n) is 3.62. The van der Waals surface area contributed by atoms with Crippen molar-refractivity contribution in [3.05, 3.63) is 35.9 Å². The average molecular weight is 361 g/mol. The van der Waals surface area contributed by atoms with Crippen molar-refractivity contribution in [3.8, 4) is 0 Å². The van der Waals surface area contributed by atoms with Gasteiger partial charge in [0.25, 0.3) is 0 Å². The standard InChI is InChI=1S/C14H21BrN2O2S/c15-7-8-16-9-11-17(12-10-16)20(18,19)13-6-14-4-2-1-3-5-14/h1-5H,6-13H2. The van der Waals surface area contributed by atoms with Crippen molar-refractivity contribution in [2.24, 2.45) is 0 Å². The molecule has 20 heavy (non-hydrogen) atoms. The van der Waals surface area contributed by atoms with E-state index in [1.807, 2.05) is 30.3 Å². The van der Waals surface area contributed by atoms with Gasteiger partial charge in [0.2, 0.25) is 10.0 Å². The Balaban J connectivity index is 1.85. The van der Waals surface area contributed by atoms with Crippen LogP contribution in [0.3, 0.4) is 0 Å². The van der Waals surface area contributed by atoms with E-state index in [1.54, 1.807) is 4.31 Å². The van der Waals surface area contributed by atoms with Crippen LogP contribution in [0, 0.1) is 0 Å². The summed E-state index contributed by atoms with van der Waals surface area (Å²) in [5.74, 6) is 0.204. The highest BCUT2D eigenvalue weighted by Gasteiger charge is 2.26. The van der Waals surface area contributed by atoms with E-state index >= 15 is 0 Å². The van der Waals surface area contributed by atoms with E-state index in [9.17, 15) is 8.42 Å². The Kier molecular flexibility index (Phi) is 6.01. The summed E-state index contributed by atoms with van der Waals surface area (Å²) in [5, 5.41) is 0.938. The molecule has 0 spiro atoms. The van der Waals surface area contributed by atoms with Gasteiger partial charge in [-0.3, -0.25) is 4.90 Å². The number of rotatable bonds is 6. The van der Waals surface area contributed by atoms with Crippen LogP contribution in [-0.4, -0.2) is 61.4 Å². The lowest BCUT2D eigenvalue weighted by Gasteiger charge is -2.33. The van der Waals surface area contributed by atoms with Crippen molar-refractivity contribution < 1.29 is 8.42 Å². The number of sulfonamides is 1. The van der Waals surface area contributed by atoms with Gasteiger partial charge >= 0.3 is 0 Å². The highest BCUT2D eigenvalue weighted by atomic mass is 79.9. The fraction of sp³-hybridized carbons (Fsp3) is 0.571. The predicted molar refractivity (Wildman–Crippen MR) is 85.7 cm³/mol. The van der Waals surface area contributed by atoms with Gasteiger partial charge in [-0.1, -0.05) is 46.3 Å². The number of nitrogens with zero attached hydrogens (tertiary/aromatic N) is 2. The Hall–Kier alpha value is -0.430. The van der Waals surface area contributed by atoms with Crippen LogP contribution in [0.2, 0.25) is 0 Å². The SMILES string of the molecule is O=S(=O)(CCc1ccccc1)N1CCN(CCBr)CC1. The molecule has 1 fully saturated rings. The molecule has 6 heteroatoms. The predicted octanol–water partition coefficient (Wildman–Crippen LogP) is 1.57. The van der Waals surface area contributed by atoms with Crippen molar-refractivity contribution in [1.82, 2.24) is 9.21 Å². The van der Waals surface area contributed by atoms with Crippen molar-refractivity contribution in [2.45, 2.75) is 6.42 Å². The smallest absolute Gasteiger partial charge is 0.214 e. The molecule has 0 radical (unpaired) electrons. The molecule has 0 unspecified atom stereocenters. The molecule has 1 aromatic carbocycles. The lowest BCUT2D eigenvalue weighted by Crippen LogP contribution is -2.49. The van der Waals surface area contributed by atoms with Crippen molar-refractivity contribution >= 4 is 26.0 Å². The second-order valence-corrected chi connectivity index (χ2v) is 7.86. The lowest BCUT2D eigenvalue weighted by atomic mass is 10.2. The number of aryl methyl sites for hydroxylation is 1. The molecular formula is C14H21BrN2O2S. The van der Waals surface area contributed by atoms with Crippen LogP contribution < -0.4 is 0 Å². The largest absolute Gasteiger partial charge is 0.300 e. The van der Waals surface area contributed by atoms with Crippen LogP contribution in [0.1, 0.15) is 5.56 Å². The van der Waals surface area contributed by atoms with Crippen LogP contribution in [-0.2, 0) is 16.4 Å². The molecule has 4 nitrogen and oxygen atoms in total. The fourth-order valence-corrected chi connectivity index (χ4v) is 4.34. The first-order chi connectivity index (χ1) is 9.62. The van der Waals surface area contributed by atoms with Gasteiger partial charge < -0.3 is 0 Å². The summed E-state index contributed by atoms with van der Waals surface area (Å²) < 4.78 is 26.3. The van der Waals surface area contributed by atoms with E-state index in [2.05, 4.69) is 20.8 Å². The molecule has 0 atom stereocenters. The quantitative estimate of drug-likeness (QED) is 0.723. The molecular weight excluding hydrogens is 340 g/mol. The summed E-state index contributed by atoms with van der Waals surface area (Å²) in [7, 11) is -3.12. The van der Waals surface area contributed by atoms with E-state index in [0.29, 0.717) is 19.5 Å². The van der Waals surface area contributed by atoms with Crippen molar-refractivity contribution in [3.63, 3.8) is 0 Å². The minimum absolute atomic E-state index is 0.204. The summed E-state index contributed by atoms with van der Waals surface area (Å²) in [6.07, 6.45) is 0.588. The minimum atomic E-state index is -3.12. The first-order valence-electron chi connectivity index (χ1n) is 6.92. The molecule has 0 amide bonds. The third kappa shape index (κ3) is 4.55. The highest BCUT2D eigenvalue weighted by molar-refractivity contribution is 9.09. The van der Waals surface area contributed by atoms with Gasteiger partial charge in [0, 0.05) is 38.1 Å². The second-order valence-electron chi connectivity index (χ2n) is 4.98. The molecule has 1 saturated heterocycles. The van der Waals surface area contributed by atoms with Gasteiger partial charge in [-0.05, 0) is 12.0 Å². The van der Waals surface area contributed by atoms with Gasteiger partial charge in [-0.2, -0.15) is 4.31 Å². The van der Waals surface area contributed by atoms with E-state index in [1.165, 1.54) is 0 Å². The van der Waals surface area contributed by atoms with Crippen LogP contribution in [0.5, 0.6) is 0 Å². The summed E-state index contributed by atoms with van der Waals surface area (Å²) in [6.45, 7) is 3.87. The maximum absolute atomic E-state index is 12.3. The van der Waals surface area contributed by atoms with E-state index in [0.717, 1.165) is 30.5 Å². The van der Waals surface area contributed by atoms with E-state index < -0.39 is 10.0 Å². The molecule has 1 aliphatic heterocycles. The monoisotopic (exact) mass is 360 g/mol. The van der Waals surface area contributed by atoms with Crippen LogP contribution >= 0.6 is 15.9 Å². The van der Waals surface area contributed by atoms with Gasteiger partial charge in [0.15, 0.2) is 0 Å². The Morgan fingerprint density at radius 3 is 2.30 bits per heavy atom. The molecule has 1 aromatic rings. The molecule has 0 aliphatic carbocycles. The number of halogens is 1.